The number of nitrogens with one attached hydrogen (secondary N) is 1. The van der Waals surface area contributed by atoms with E-state index in [0.29, 0.717) is 34.4 Å². The molecule has 0 saturated heterocycles. The van der Waals surface area contributed by atoms with Crippen LogP contribution in [0.4, 0.5) is 5.69 Å². The molecule has 0 bridgehead atoms. The van der Waals surface area contributed by atoms with Crippen LogP contribution in [0.5, 0.6) is 5.75 Å². The standard InChI is InChI=1S/C31H37Cl2N3O5S/c1-6-22(4)34-31(38)23(5)35(19-24-10-17-28(32)29(33)18-24)30(37)20-36(25-11-13-26(14-12-25)41-7-2)42(39,40)27-15-8-21(3)9-16-27/h8-18,22-23H,6-7,19-20H2,1-5H3,(H,34,38)/t22-,23+/m0/s1. The van der Waals surface area contributed by atoms with E-state index in [1.807, 2.05) is 27.7 Å². The Morgan fingerprint density at radius 1 is 0.929 bits per heavy atom. The third kappa shape index (κ3) is 8.40. The average molecular weight is 635 g/mol. The molecule has 3 aromatic rings. The third-order valence-electron chi connectivity index (χ3n) is 6.83. The van der Waals surface area contributed by atoms with E-state index < -0.39 is 28.5 Å². The summed E-state index contributed by atoms with van der Waals surface area (Å²) in [5.74, 6) is -0.360. The van der Waals surface area contributed by atoms with Gasteiger partial charge in [-0.2, -0.15) is 0 Å². The number of benzene rings is 3. The number of rotatable bonds is 13. The molecule has 0 aromatic heterocycles. The first-order chi connectivity index (χ1) is 19.9. The van der Waals surface area contributed by atoms with Crippen LogP contribution >= 0.6 is 23.2 Å². The fourth-order valence-corrected chi connectivity index (χ4v) is 5.86. The number of hydrogen-bond acceptors (Lipinski definition) is 5. The summed E-state index contributed by atoms with van der Waals surface area (Å²) in [5, 5.41) is 3.57. The number of carbonyl (C=O) groups excluding carboxylic acids is 2. The largest absolute Gasteiger partial charge is 0.494 e. The molecule has 0 unspecified atom stereocenters. The maximum Gasteiger partial charge on any atom is 0.264 e. The first kappa shape index (κ1) is 33.2. The zero-order chi connectivity index (χ0) is 31.0. The fourth-order valence-electron chi connectivity index (χ4n) is 4.12. The van der Waals surface area contributed by atoms with Crippen LogP contribution in [0.15, 0.2) is 71.6 Å². The average Bonchev–Trinajstić information content (AvgIpc) is 2.96. The highest BCUT2D eigenvalue weighted by Crippen LogP contribution is 2.28. The molecule has 0 aliphatic rings. The highest BCUT2D eigenvalue weighted by atomic mass is 35.5. The van der Waals surface area contributed by atoms with Crippen LogP contribution in [-0.2, 0) is 26.2 Å². The van der Waals surface area contributed by atoms with Crippen molar-refractivity contribution in [3.63, 3.8) is 0 Å². The van der Waals surface area contributed by atoms with Gasteiger partial charge in [-0.15, -0.1) is 0 Å². The second-order valence-corrected chi connectivity index (χ2v) is 12.7. The quantitative estimate of drug-likeness (QED) is 0.241. The van der Waals surface area contributed by atoms with Gasteiger partial charge in [0, 0.05) is 12.6 Å². The zero-order valence-electron chi connectivity index (χ0n) is 24.4. The molecule has 0 heterocycles. The van der Waals surface area contributed by atoms with E-state index in [1.165, 1.54) is 17.0 Å². The Balaban J connectivity index is 2.04. The summed E-state index contributed by atoms with van der Waals surface area (Å²) in [7, 11) is -4.17. The van der Waals surface area contributed by atoms with Gasteiger partial charge < -0.3 is 15.0 Å². The van der Waals surface area contributed by atoms with E-state index in [2.05, 4.69) is 5.32 Å². The van der Waals surface area contributed by atoms with Crippen LogP contribution in [0.2, 0.25) is 10.0 Å². The molecule has 8 nitrogen and oxygen atoms in total. The Morgan fingerprint density at radius 3 is 2.14 bits per heavy atom. The molecule has 0 spiro atoms. The summed E-state index contributed by atoms with van der Waals surface area (Å²) < 4.78 is 34.5. The van der Waals surface area contributed by atoms with Gasteiger partial charge in [0.1, 0.15) is 18.3 Å². The van der Waals surface area contributed by atoms with Gasteiger partial charge in [-0.25, -0.2) is 8.42 Å². The second kappa shape index (κ2) is 14.8. The summed E-state index contributed by atoms with van der Waals surface area (Å²) in [6.07, 6.45) is 0.708. The predicted molar refractivity (Wildman–Crippen MR) is 168 cm³/mol. The molecule has 2 amide bonds. The van der Waals surface area contributed by atoms with Crippen LogP contribution < -0.4 is 14.4 Å². The number of anilines is 1. The molecule has 0 fully saturated rings. The van der Waals surface area contributed by atoms with Crippen LogP contribution in [0, 0.1) is 6.92 Å². The number of halogens is 2. The summed E-state index contributed by atoms with van der Waals surface area (Å²) in [5.41, 5.74) is 1.81. The Kier molecular flexibility index (Phi) is 11.7. The fraction of sp³-hybridized carbons (Fsp3) is 0.355. The normalized spacial score (nSPS) is 12.7. The number of nitrogens with zero attached hydrogens (tertiary/aromatic N) is 2. The maximum atomic E-state index is 14.0. The lowest BCUT2D eigenvalue weighted by atomic mass is 10.1. The van der Waals surface area contributed by atoms with E-state index in [-0.39, 0.29) is 29.1 Å². The third-order valence-corrected chi connectivity index (χ3v) is 9.36. The van der Waals surface area contributed by atoms with Crippen molar-refractivity contribution in [1.82, 2.24) is 10.2 Å². The molecular weight excluding hydrogens is 597 g/mol. The van der Waals surface area contributed by atoms with E-state index in [4.69, 9.17) is 27.9 Å². The minimum Gasteiger partial charge on any atom is -0.494 e. The predicted octanol–water partition coefficient (Wildman–Crippen LogP) is 6.23. The molecule has 0 saturated carbocycles. The lowest BCUT2D eigenvalue weighted by molar-refractivity contribution is -0.139. The molecule has 1 N–H and O–H groups in total. The smallest absolute Gasteiger partial charge is 0.264 e. The molecule has 11 heteroatoms. The molecule has 2 atom stereocenters. The van der Waals surface area contributed by atoms with Crippen molar-refractivity contribution in [3.05, 3.63) is 87.9 Å². The van der Waals surface area contributed by atoms with Gasteiger partial charge in [0.15, 0.2) is 0 Å². The minimum atomic E-state index is -4.17. The van der Waals surface area contributed by atoms with Crippen molar-refractivity contribution in [2.75, 3.05) is 17.5 Å². The van der Waals surface area contributed by atoms with Gasteiger partial charge in [-0.3, -0.25) is 13.9 Å². The summed E-state index contributed by atoms with van der Waals surface area (Å²) in [4.78, 5) is 28.6. The number of sulfonamides is 1. The van der Waals surface area contributed by atoms with Crippen LogP contribution in [-0.4, -0.2) is 50.4 Å². The van der Waals surface area contributed by atoms with Crippen molar-refractivity contribution < 1.29 is 22.7 Å². The first-order valence-corrected chi connectivity index (χ1v) is 15.9. The summed E-state index contributed by atoms with van der Waals surface area (Å²) in [6, 6.07) is 16.8. The van der Waals surface area contributed by atoms with Gasteiger partial charge in [0.05, 0.1) is 27.2 Å². The Morgan fingerprint density at radius 2 is 1.57 bits per heavy atom. The Hall–Kier alpha value is -3.27. The minimum absolute atomic E-state index is 0.00646. The van der Waals surface area contributed by atoms with Gasteiger partial charge in [0.25, 0.3) is 10.0 Å². The monoisotopic (exact) mass is 633 g/mol. The molecule has 3 aromatic carbocycles. The van der Waals surface area contributed by atoms with Gasteiger partial charge in [0.2, 0.25) is 11.8 Å². The lowest BCUT2D eigenvalue weighted by Gasteiger charge is -2.32. The topological polar surface area (TPSA) is 96.0 Å². The maximum absolute atomic E-state index is 14.0. The van der Waals surface area contributed by atoms with Gasteiger partial charge in [-0.1, -0.05) is 53.9 Å². The van der Waals surface area contributed by atoms with Crippen molar-refractivity contribution in [3.8, 4) is 5.75 Å². The number of hydrogen-bond donors (Lipinski definition) is 1. The summed E-state index contributed by atoms with van der Waals surface area (Å²) in [6.45, 7) is 9.04. The molecule has 0 aliphatic heterocycles. The molecular formula is C31H37Cl2N3O5S. The highest BCUT2D eigenvalue weighted by Gasteiger charge is 2.33. The number of amides is 2. The van der Waals surface area contributed by atoms with E-state index >= 15 is 0 Å². The van der Waals surface area contributed by atoms with Crippen LogP contribution in [0.3, 0.4) is 0 Å². The molecule has 0 aliphatic carbocycles. The van der Waals surface area contributed by atoms with Crippen molar-refractivity contribution >= 4 is 50.7 Å². The Labute approximate surface area is 258 Å². The van der Waals surface area contributed by atoms with E-state index in [1.54, 1.807) is 61.5 Å². The van der Waals surface area contributed by atoms with Crippen LogP contribution in [0.25, 0.3) is 0 Å². The lowest BCUT2D eigenvalue weighted by Crippen LogP contribution is -2.52. The van der Waals surface area contributed by atoms with E-state index in [0.717, 1.165) is 9.87 Å². The zero-order valence-corrected chi connectivity index (χ0v) is 26.8. The summed E-state index contributed by atoms with van der Waals surface area (Å²) >= 11 is 12.3. The second-order valence-electron chi connectivity index (χ2n) is 10.0. The SMILES string of the molecule is CCOc1ccc(N(CC(=O)N(Cc2ccc(Cl)c(Cl)c2)[C@H](C)C(=O)N[C@@H](C)CC)S(=O)(=O)c2ccc(C)cc2)cc1. The Bertz CT molecular complexity index is 1480. The first-order valence-electron chi connectivity index (χ1n) is 13.7. The molecule has 0 radical (unpaired) electrons. The van der Waals surface area contributed by atoms with Crippen molar-refractivity contribution in [2.45, 2.75) is 64.6 Å². The number of carbonyl (C=O) groups is 2. The molecule has 42 heavy (non-hydrogen) atoms. The number of ether oxygens (including phenoxy) is 1. The van der Waals surface area contributed by atoms with Gasteiger partial charge in [-0.05, 0) is 88.2 Å². The van der Waals surface area contributed by atoms with Crippen molar-refractivity contribution in [1.29, 1.82) is 0 Å². The number of aryl methyl sites for hydroxylation is 1. The molecule has 226 valence electrons. The highest BCUT2D eigenvalue weighted by molar-refractivity contribution is 7.92. The van der Waals surface area contributed by atoms with Gasteiger partial charge >= 0.3 is 0 Å². The van der Waals surface area contributed by atoms with Crippen LogP contribution in [0.1, 0.15) is 45.2 Å². The van der Waals surface area contributed by atoms with Crippen molar-refractivity contribution in [2.24, 2.45) is 0 Å². The van der Waals surface area contributed by atoms with E-state index in [9.17, 15) is 18.0 Å². The molecule has 3 rings (SSSR count).